The molecule has 0 aromatic carbocycles. The predicted molar refractivity (Wildman–Crippen MR) is 56.5 cm³/mol. The lowest BCUT2D eigenvalue weighted by atomic mass is 10.2. The largest absolute Gasteiger partial charge is 0.461 e. The van der Waals surface area contributed by atoms with Gasteiger partial charge in [-0.25, -0.2) is 9.13 Å². The molecule has 5 heteroatoms. The minimum atomic E-state index is -0.441. The van der Waals surface area contributed by atoms with Crippen LogP contribution in [0.4, 0.5) is 0 Å². The summed E-state index contributed by atoms with van der Waals surface area (Å²) >= 11 is 0. The molecule has 88 valence electrons. The van der Waals surface area contributed by atoms with Gasteiger partial charge in [0.2, 0.25) is 6.33 Å². The summed E-state index contributed by atoms with van der Waals surface area (Å²) in [6, 6.07) is 0. The summed E-state index contributed by atoms with van der Waals surface area (Å²) < 4.78 is 8.75. The van der Waals surface area contributed by atoms with Crippen molar-refractivity contribution in [3.8, 4) is 0 Å². The second kappa shape index (κ2) is 6.05. The average Bonchev–Trinajstić information content (AvgIpc) is 2.64. The van der Waals surface area contributed by atoms with Crippen LogP contribution in [0.5, 0.6) is 0 Å². The molecule has 16 heavy (non-hydrogen) atoms. The molecule has 0 radical (unpaired) electrons. The van der Waals surface area contributed by atoms with Crippen LogP contribution in [0.2, 0.25) is 0 Å². The van der Waals surface area contributed by atoms with Crippen molar-refractivity contribution < 1.29 is 18.9 Å². The molecular formula is C11H17N2O3+. The number of carbonyl (C=O) groups is 2. The number of aromatic nitrogens is 2. The number of rotatable bonds is 6. The van der Waals surface area contributed by atoms with E-state index in [1.807, 2.05) is 34.9 Å². The van der Waals surface area contributed by atoms with E-state index in [1.165, 1.54) is 0 Å². The molecule has 1 aromatic heterocycles. The molecule has 0 aliphatic rings. The molecule has 0 N–H and O–H groups in total. The fraction of sp³-hybridized carbons (Fsp3) is 0.545. The summed E-state index contributed by atoms with van der Waals surface area (Å²) in [5, 5.41) is 0. The molecule has 0 aliphatic heterocycles. The number of carbonyl (C=O) groups excluding carboxylic acids is 2. The average molecular weight is 225 g/mol. The van der Waals surface area contributed by atoms with E-state index in [4.69, 9.17) is 4.74 Å². The molecule has 0 saturated heterocycles. The molecule has 0 unspecified atom stereocenters. The van der Waals surface area contributed by atoms with Crippen molar-refractivity contribution in [2.75, 3.05) is 6.61 Å². The molecule has 0 atom stereocenters. The monoisotopic (exact) mass is 225 g/mol. The van der Waals surface area contributed by atoms with Crippen molar-refractivity contribution in [2.24, 2.45) is 7.05 Å². The van der Waals surface area contributed by atoms with Crippen molar-refractivity contribution in [3.05, 3.63) is 18.7 Å². The zero-order valence-corrected chi connectivity index (χ0v) is 9.68. The van der Waals surface area contributed by atoms with E-state index in [2.05, 4.69) is 0 Å². The Kier molecular flexibility index (Phi) is 4.69. The molecule has 0 amide bonds. The minimum Gasteiger partial charge on any atom is -0.461 e. The maximum atomic E-state index is 11.2. The lowest BCUT2D eigenvalue weighted by Crippen LogP contribution is -2.24. The van der Waals surface area contributed by atoms with Crippen LogP contribution in [0.1, 0.15) is 19.8 Å². The minimum absolute atomic E-state index is 0.0858. The van der Waals surface area contributed by atoms with Crippen molar-refractivity contribution >= 4 is 11.8 Å². The summed E-state index contributed by atoms with van der Waals surface area (Å²) in [6.45, 7) is 2.63. The van der Waals surface area contributed by atoms with Gasteiger partial charge < -0.3 is 4.74 Å². The van der Waals surface area contributed by atoms with Crippen LogP contribution in [0.3, 0.4) is 0 Å². The lowest BCUT2D eigenvalue weighted by molar-refractivity contribution is -0.671. The number of aryl methyl sites for hydroxylation is 1. The van der Waals surface area contributed by atoms with Crippen LogP contribution in [-0.2, 0) is 27.9 Å². The third-order valence-corrected chi connectivity index (χ3v) is 2.17. The first kappa shape index (κ1) is 12.4. The van der Waals surface area contributed by atoms with Crippen molar-refractivity contribution in [3.63, 3.8) is 0 Å². The fourth-order valence-corrected chi connectivity index (χ4v) is 1.24. The molecule has 1 aromatic rings. The van der Waals surface area contributed by atoms with Gasteiger partial charge in [-0.1, -0.05) is 6.92 Å². The highest BCUT2D eigenvalue weighted by atomic mass is 16.5. The van der Waals surface area contributed by atoms with Gasteiger partial charge >= 0.3 is 5.97 Å². The second-order valence-corrected chi connectivity index (χ2v) is 3.61. The Morgan fingerprint density at radius 2 is 2.19 bits per heavy atom. The fourth-order valence-electron chi connectivity index (χ4n) is 1.24. The Bertz CT molecular complexity index is 371. The number of ketones is 1. The molecule has 0 aliphatic carbocycles. The smallest absolute Gasteiger partial charge is 0.313 e. The van der Waals surface area contributed by atoms with Crippen LogP contribution >= 0.6 is 0 Å². The maximum Gasteiger partial charge on any atom is 0.313 e. The summed E-state index contributed by atoms with van der Waals surface area (Å²) in [6.07, 6.45) is 5.96. The number of esters is 1. The number of Topliss-reactive ketones (excluding diaryl/α,β-unsaturated/α-hetero) is 1. The quantitative estimate of drug-likeness (QED) is 0.395. The van der Waals surface area contributed by atoms with Crippen LogP contribution in [0, 0.1) is 0 Å². The molecule has 0 fully saturated rings. The van der Waals surface area contributed by atoms with E-state index >= 15 is 0 Å². The Labute approximate surface area is 94.6 Å². The number of hydrogen-bond donors (Lipinski definition) is 0. The van der Waals surface area contributed by atoms with E-state index in [-0.39, 0.29) is 12.2 Å². The van der Waals surface area contributed by atoms with Gasteiger partial charge in [0.25, 0.3) is 0 Å². The SMILES string of the molecule is CCC(=O)CC(=O)OCCn1cc[n+](C)c1. The van der Waals surface area contributed by atoms with Gasteiger partial charge in [0.1, 0.15) is 37.7 Å². The Balaban J connectivity index is 2.20. The van der Waals surface area contributed by atoms with E-state index in [9.17, 15) is 9.59 Å². The van der Waals surface area contributed by atoms with Gasteiger partial charge in [-0.05, 0) is 0 Å². The molecule has 1 heterocycles. The molecule has 0 spiro atoms. The zero-order valence-electron chi connectivity index (χ0n) is 9.68. The maximum absolute atomic E-state index is 11.2. The van der Waals surface area contributed by atoms with Gasteiger partial charge in [0.05, 0.1) is 7.05 Å². The Morgan fingerprint density at radius 1 is 1.44 bits per heavy atom. The van der Waals surface area contributed by atoms with Crippen molar-refractivity contribution in [2.45, 2.75) is 26.3 Å². The molecule has 1 rings (SSSR count). The van der Waals surface area contributed by atoms with Crippen LogP contribution in [0.15, 0.2) is 18.7 Å². The third kappa shape index (κ3) is 4.25. The van der Waals surface area contributed by atoms with Crippen molar-refractivity contribution in [1.29, 1.82) is 0 Å². The highest BCUT2D eigenvalue weighted by molar-refractivity contribution is 5.95. The topological polar surface area (TPSA) is 52.2 Å². The summed E-state index contributed by atoms with van der Waals surface area (Å²) in [7, 11) is 1.92. The zero-order chi connectivity index (χ0) is 12.0. The van der Waals surface area contributed by atoms with E-state index in [0.717, 1.165) is 0 Å². The summed E-state index contributed by atoms with van der Waals surface area (Å²) in [5.41, 5.74) is 0. The molecule has 5 nitrogen and oxygen atoms in total. The van der Waals surface area contributed by atoms with Gasteiger partial charge in [-0.15, -0.1) is 0 Å². The van der Waals surface area contributed by atoms with E-state index in [1.54, 1.807) is 6.92 Å². The summed E-state index contributed by atoms with van der Waals surface area (Å²) in [4.78, 5) is 22.1. The number of nitrogens with zero attached hydrogens (tertiary/aromatic N) is 2. The van der Waals surface area contributed by atoms with Gasteiger partial charge in [-0.3, -0.25) is 9.59 Å². The standard InChI is InChI=1S/C11H17N2O3/c1-3-10(14)8-11(15)16-7-6-13-5-4-12(2)9-13/h4-5,9H,3,6-8H2,1-2H3/q+1. The number of imidazole rings is 1. The summed E-state index contributed by atoms with van der Waals surface area (Å²) in [5.74, 6) is -0.527. The molecule has 0 bridgehead atoms. The van der Waals surface area contributed by atoms with Crippen LogP contribution < -0.4 is 4.57 Å². The van der Waals surface area contributed by atoms with Crippen molar-refractivity contribution in [1.82, 2.24) is 4.57 Å². The molecule has 0 saturated carbocycles. The second-order valence-electron chi connectivity index (χ2n) is 3.61. The normalized spacial score (nSPS) is 10.1. The van der Waals surface area contributed by atoms with Gasteiger partial charge in [0.15, 0.2) is 0 Å². The first-order chi connectivity index (χ1) is 7.61. The van der Waals surface area contributed by atoms with Gasteiger partial charge in [0, 0.05) is 6.42 Å². The molecular weight excluding hydrogens is 208 g/mol. The van der Waals surface area contributed by atoms with E-state index in [0.29, 0.717) is 19.6 Å². The first-order valence-electron chi connectivity index (χ1n) is 5.30. The third-order valence-electron chi connectivity index (χ3n) is 2.17. The van der Waals surface area contributed by atoms with Crippen LogP contribution in [0.25, 0.3) is 0 Å². The lowest BCUT2D eigenvalue weighted by Gasteiger charge is -2.01. The predicted octanol–water partition coefficient (Wildman–Crippen LogP) is 0.225. The highest BCUT2D eigenvalue weighted by Crippen LogP contribution is 1.93. The highest BCUT2D eigenvalue weighted by Gasteiger charge is 2.09. The Morgan fingerprint density at radius 3 is 2.75 bits per heavy atom. The number of hydrogen-bond acceptors (Lipinski definition) is 3. The number of ether oxygens (including phenoxy) is 1. The first-order valence-corrected chi connectivity index (χ1v) is 5.30. The van der Waals surface area contributed by atoms with E-state index < -0.39 is 5.97 Å². The van der Waals surface area contributed by atoms with Gasteiger partial charge in [-0.2, -0.15) is 0 Å². The van der Waals surface area contributed by atoms with Crippen LogP contribution in [-0.4, -0.2) is 22.9 Å². The Hall–Kier alpha value is -1.65.